The Kier molecular flexibility index (Phi) is 12.4. The number of alkyl halides is 2. The maximum atomic E-state index is 15.5. The first-order chi connectivity index (χ1) is 20.8. The monoisotopic (exact) mass is 628 g/mol. The van der Waals surface area contributed by atoms with Crippen molar-refractivity contribution >= 4 is 27.5 Å². The molecule has 0 saturated carbocycles. The Balaban J connectivity index is 1.74. The number of nitrogens with one attached hydrogen (secondary N) is 2. The number of benzene rings is 2. The van der Waals surface area contributed by atoms with Gasteiger partial charge in [0.2, 0.25) is 21.7 Å². The van der Waals surface area contributed by atoms with E-state index in [1.807, 2.05) is 0 Å². The zero-order valence-electron chi connectivity index (χ0n) is 24.7. The van der Waals surface area contributed by atoms with Crippen LogP contribution in [0.3, 0.4) is 0 Å². The Morgan fingerprint density at radius 3 is 2.14 bits per heavy atom. The number of rotatable bonds is 17. The molecule has 2 aromatic carbocycles. The number of nitrogens with two attached hydrogens (primary N) is 1. The maximum absolute atomic E-state index is 15.5. The van der Waals surface area contributed by atoms with Gasteiger partial charge < -0.3 is 11.1 Å². The number of carbonyl (C=O) groups excluding carboxylic acids is 3. The van der Waals surface area contributed by atoms with Gasteiger partial charge in [0, 0.05) is 30.8 Å². The second-order valence-electron chi connectivity index (χ2n) is 10.9. The van der Waals surface area contributed by atoms with E-state index in [0.29, 0.717) is 16.8 Å². The van der Waals surface area contributed by atoms with E-state index in [1.54, 1.807) is 92.7 Å². The van der Waals surface area contributed by atoms with Crippen molar-refractivity contribution in [3.8, 4) is 0 Å². The fraction of sp³-hybridized carbons (Fsp3) is 0.375. The van der Waals surface area contributed by atoms with E-state index in [4.69, 9.17) is 5.73 Å². The standard InChI is InChI=1S/C32H38F2N4O5S/c1-22(2)29(38-28(39)21-37-44(42,43)18-16-25-15-9-10-17-36-25)30(40)26(19-23-11-5-3-6-12-23)31(41)32(33,34)20-27(35)24-13-7-4-8-14-24/h3-15,17,22,26-27,29,37H,16,18-21,35H2,1-2H3,(H,38,39)/t26-,27?,29-/m0/s1. The molecular formula is C32H38F2N4O5S. The van der Waals surface area contributed by atoms with E-state index in [9.17, 15) is 22.8 Å². The summed E-state index contributed by atoms with van der Waals surface area (Å²) >= 11 is 0. The minimum absolute atomic E-state index is 0.121. The summed E-state index contributed by atoms with van der Waals surface area (Å²) in [5.41, 5.74) is 7.47. The van der Waals surface area contributed by atoms with E-state index >= 15 is 8.78 Å². The fourth-order valence-corrected chi connectivity index (χ4v) is 5.64. The number of amides is 1. The van der Waals surface area contributed by atoms with Crippen molar-refractivity contribution in [2.24, 2.45) is 17.6 Å². The van der Waals surface area contributed by atoms with Gasteiger partial charge >= 0.3 is 5.92 Å². The first-order valence-corrected chi connectivity index (χ1v) is 15.9. The molecule has 0 aliphatic carbocycles. The third kappa shape index (κ3) is 10.4. The number of aromatic nitrogens is 1. The van der Waals surface area contributed by atoms with Gasteiger partial charge in [-0.25, -0.2) is 13.1 Å². The van der Waals surface area contributed by atoms with Gasteiger partial charge in [-0.05, 0) is 35.6 Å². The van der Waals surface area contributed by atoms with Crippen LogP contribution in [0.2, 0.25) is 0 Å². The highest BCUT2D eigenvalue weighted by Crippen LogP contribution is 2.32. The van der Waals surface area contributed by atoms with Crippen molar-refractivity contribution < 1.29 is 31.6 Å². The minimum atomic E-state index is -3.95. The lowest BCUT2D eigenvalue weighted by Crippen LogP contribution is -2.53. The molecule has 0 spiro atoms. The molecule has 1 unspecified atom stereocenters. The van der Waals surface area contributed by atoms with Crippen LogP contribution in [0.1, 0.15) is 43.1 Å². The third-order valence-corrected chi connectivity index (χ3v) is 8.43. The van der Waals surface area contributed by atoms with Crippen molar-refractivity contribution in [2.45, 2.75) is 51.1 Å². The number of carbonyl (C=O) groups is 3. The van der Waals surface area contributed by atoms with E-state index in [1.165, 1.54) is 6.20 Å². The molecule has 0 fully saturated rings. The smallest absolute Gasteiger partial charge is 0.307 e. The van der Waals surface area contributed by atoms with Crippen molar-refractivity contribution in [1.82, 2.24) is 15.0 Å². The second-order valence-corrected chi connectivity index (χ2v) is 12.9. The molecule has 1 aromatic heterocycles. The topological polar surface area (TPSA) is 148 Å². The van der Waals surface area contributed by atoms with Crippen molar-refractivity contribution in [1.29, 1.82) is 0 Å². The number of pyridine rings is 1. The average molecular weight is 629 g/mol. The molecule has 3 aromatic rings. The molecule has 0 radical (unpaired) electrons. The van der Waals surface area contributed by atoms with E-state index < -0.39 is 70.3 Å². The Labute approximate surface area is 256 Å². The van der Waals surface area contributed by atoms with Crippen LogP contribution < -0.4 is 15.8 Å². The Hall–Kier alpha value is -3.87. The largest absolute Gasteiger partial charge is 0.345 e. The predicted octanol–water partition coefficient (Wildman–Crippen LogP) is 3.41. The van der Waals surface area contributed by atoms with Crippen molar-refractivity contribution in [2.75, 3.05) is 12.3 Å². The minimum Gasteiger partial charge on any atom is -0.345 e. The zero-order chi connectivity index (χ0) is 32.3. The van der Waals surface area contributed by atoms with Gasteiger partial charge in [0.05, 0.1) is 24.3 Å². The molecule has 9 nitrogen and oxygen atoms in total. The number of nitrogens with zero attached hydrogens (tertiary/aromatic N) is 1. The zero-order valence-corrected chi connectivity index (χ0v) is 25.5. The van der Waals surface area contributed by atoms with Gasteiger partial charge in [0.15, 0.2) is 5.78 Å². The molecule has 3 atom stereocenters. The van der Waals surface area contributed by atoms with E-state index in [2.05, 4.69) is 15.0 Å². The van der Waals surface area contributed by atoms with Crippen LogP contribution in [-0.2, 0) is 37.2 Å². The number of halogens is 2. The highest BCUT2D eigenvalue weighted by atomic mass is 32.2. The summed E-state index contributed by atoms with van der Waals surface area (Å²) in [6, 6.07) is 19.0. The quantitative estimate of drug-likeness (QED) is 0.194. The summed E-state index contributed by atoms with van der Waals surface area (Å²) in [5, 5.41) is 2.45. The van der Waals surface area contributed by atoms with Gasteiger partial charge in [-0.15, -0.1) is 0 Å². The fourth-order valence-electron chi connectivity index (χ4n) is 4.66. The molecule has 44 heavy (non-hydrogen) atoms. The van der Waals surface area contributed by atoms with Gasteiger partial charge in [-0.1, -0.05) is 80.6 Å². The molecule has 1 heterocycles. The number of hydrogen-bond acceptors (Lipinski definition) is 7. The van der Waals surface area contributed by atoms with Crippen molar-refractivity contribution in [3.63, 3.8) is 0 Å². The Morgan fingerprint density at radius 2 is 1.55 bits per heavy atom. The first-order valence-electron chi connectivity index (χ1n) is 14.3. The summed E-state index contributed by atoms with van der Waals surface area (Å²) in [4.78, 5) is 44.0. The second kappa shape index (κ2) is 15.7. The lowest BCUT2D eigenvalue weighted by molar-refractivity contribution is -0.153. The number of ketones is 2. The predicted molar refractivity (Wildman–Crippen MR) is 163 cm³/mol. The number of hydrogen-bond donors (Lipinski definition) is 3. The molecule has 0 aliphatic rings. The van der Waals surface area contributed by atoms with Crippen LogP contribution in [-0.4, -0.2) is 55.1 Å². The van der Waals surface area contributed by atoms with Crippen LogP contribution in [0.5, 0.6) is 0 Å². The SMILES string of the molecule is CC(C)[C@H](NC(=O)CNS(=O)(=O)CCc1ccccn1)C(=O)[C@H](Cc1ccccc1)C(=O)C(F)(F)CC(N)c1ccccc1. The first kappa shape index (κ1) is 34.6. The van der Waals surface area contributed by atoms with Crippen LogP contribution in [0, 0.1) is 11.8 Å². The normalized spacial score (nSPS) is 14.0. The number of sulfonamides is 1. The molecular weight excluding hydrogens is 590 g/mol. The lowest BCUT2D eigenvalue weighted by Gasteiger charge is -2.28. The van der Waals surface area contributed by atoms with Crippen LogP contribution >= 0.6 is 0 Å². The van der Waals surface area contributed by atoms with E-state index in [-0.39, 0.29) is 18.6 Å². The van der Waals surface area contributed by atoms with Crippen LogP contribution in [0.4, 0.5) is 8.78 Å². The number of Topliss-reactive ketones (excluding diaryl/α,β-unsaturated/α-hetero) is 2. The summed E-state index contributed by atoms with van der Waals surface area (Å²) < 4.78 is 58.0. The van der Waals surface area contributed by atoms with Gasteiger partial charge in [0.1, 0.15) is 0 Å². The summed E-state index contributed by atoms with van der Waals surface area (Å²) in [6.45, 7) is 2.50. The molecule has 236 valence electrons. The molecule has 12 heteroatoms. The van der Waals surface area contributed by atoms with Crippen molar-refractivity contribution in [3.05, 3.63) is 102 Å². The molecule has 0 aliphatic heterocycles. The number of aryl methyl sites for hydroxylation is 1. The summed E-state index contributed by atoms with van der Waals surface area (Å²) in [7, 11) is -3.88. The summed E-state index contributed by atoms with van der Waals surface area (Å²) in [5.74, 6) is -9.99. The molecule has 4 N–H and O–H groups in total. The Morgan fingerprint density at radius 1 is 0.932 bits per heavy atom. The molecule has 3 rings (SSSR count). The van der Waals surface area contributed by atoms with Crippen LogP contribution in [0.15, 0.2) is 85.1 Å². The van der Waals surface area contributed by atoms with E-state index in [0.717, 1.165) is 0 Å². The van der Waals surface area contributed by atoms with Gasteiger partial charge in [-0.2, -0.15) is 8.78 Å². The molecule has 0 bridgehead atoms. The highest BCUT2D eigenvalue weighted by Gasteiger charge is 2.48. The highest BCUT2D eigenvalue weighted by molar-refractivity contribution is 7.89. The lowest BCUT2D eigenvalue weighted by atomic mass is 9.81. The third-order valence-electron chi connectivity index (χ3n) is 7.10. The molecule has 0 saturated heterocycles. The Bertz CT molecular complexity index is 1490. The van der Waals surface area contributed by atoms with Gasteiger partial charge in [0.25, 0.3) is 0 Å². The average Bonchev–Trinajstić information content (AvgIpc) is 3.01. The van der Waals surface area contributed by atoms with Crippen LogP contribution in [0.25, 0.3) is 0 Å². The summed E-state index contributed by atoms with van der Waals surface area (Å²) in [6.07, 6.45) is 0.340. The molecule has 1 amide bonds. The maximum Gasteiger partial charge on any atom is 0.307 e. The van der Waals surface area contributed by atoms with Gasteiger partial charge in [-0.3, -0.25) is 19.4 Å².